The summed E-state index contributed by atoms with van der Waals surface area (Å²) in [5.41, 5.74) is 0. The molecule has 0 rings (SSSR count). The third kappa shape index (κ3) is 1.48. The highest BCUT2D eigenvalue weighted by Crippen LogP contribution is 1.52. The van der Waals surface area contributed by atoms with Crippen LogP contribution in [0.4, 0.5) is 0 Å². The van der Waals surface area contributed by atoms with Gasteiger partial charge in [0.05, 0.1) is 0 Å². The first-order valence-electron chi connectivity index (χ1n) is 1.15. The lowest BCUT2D eigenvalue weighted by Crippen LogP contribution is -1.21. The molecule has 0 saturated heterocycles. The van der Waals surface area contributed by atoms with Crippen LogP contribution in [0, 0.1) is 0 Å². The highest BCUT2D eigenvalue weighted by molar-refractivity contribution is 4.88. The van der Waals surface area contributed by atoms with Crippen molar-refractivity contribution in [3.8, 4) is 0 Å². The molecule has 0 aromatic heterocycles. The van der Waals surface area contributed by atoms with Crippen molar-refractivity contribution in [3.05, 3.63) is 25.3 Å². The van der Waals surface area contributed by atoms with Crippen molar-refractivity contribution in [3.63, 3.8) is 0 Å². The molecule has 0 aromatic rings. The van der Waals surface area contributed by atoms with Crippen molar-refractivity contribution in [2.75, 3.05) is 0 Å². The van der Waals surface area contributed by atoms with E-state index in [1.165, 1.54) is 0 Å². The molecule has 0 unspecified atom stereocenters. The summed E-state index contributed by atoms with van der Waals surface area (Å²) in [5, 5.41) is 0. The molecule has 0 aliphatic carbocycles. The number of rotatable bonds is 1. The van der Waals surface area contributed by atoms with Gasteiger partial charge in [-0.15, -0.1) is 0 Å². The predicted octanol–water partition coefficient (Wildman–Crippen LogP) is 1.36. The summed E-state index contributed by atoms with van der Waals surface area (Å²) in [6.07, 6.45) is 3.28. The van der Waals surface area contributed by atoms with Gasteiger partial charge >= 0.3 is 0 Å². The van der Waals surface area contributed by atoms with Crippen LogP contribution >= 0.6 is 0 Å². The third-order valence-electron chi connectivity index (χ3n) is 0.167. The van der Waals surface area contributed by atoms with Gasteiger partial charge in [-0.05, 0) is 0 Å². The second-order valence-electron chi connectivity index (χ2n) is 0.471. The fourth-order valence-electron chi connectivity index (χ4n) is 0. The van der Waals surface area contributed by atoms with E-state index in [2.05, 4.69) is 13.2 Å². The Morgan fingerprint density at radius 1 is 1.00 bits per heavy atom. The molecular formula is C4H6. The fourth-order valence-corrected chi connectivity index (χ4v) is 0. The van der Waals surface area contributed by atoms with Crippen LogP contribution in [0.2, 0.25) is 0 Å². The number of hydrogen-bond acceptors (Lipinski definition) is 0. The Kier molecular flexibility index (Phi) is 2.16. The average molecular weight is 56.1 g/mol. The van der Waals surface area contributed by atoms with Crippen molar-refractivity contribution < 1.29 is 0 Å². The molecule has 0 aromatic carbocycles. The molecule has 0 nitrogen and oxygen atoms in total. The van der Waals surface area contributed by atoms with Crippen LogP contribution in [0.15, 0.2) is 25.3 Å². The van der Waals surface area contributed by atoms with Gasteiger partial charge < -0.3 is 0 Å². The summed E-state index contributed by atoms with van der Waals surface area (Å²) in [7, 11) is 0. The Labute approximate surface area is 26.5 Å². The smallest absolute Gasteiger partial charge is 0.0701 e. The third-order valence-corrected chi connectivity index (χ3v) is 0.167. The van der Waals surface area contributed by atoms with Crippen LogP contribution in [0.25, 0.3) is 0 Å². The predicted molar refractivity (Wildman–Crippen MR) is 20.4 cm³/mol. The minimum absolute atomic E-state index is 1.64. The molecule has 0 heterocycles. The molecule has 22 valence electrons. The summed E-state index contributed by atoms with van der Waals surface area (Å²) in [4.78, 5) is 0. The minimum atomic E-state index is 1.64. The molecule has 4 heavy (non-hydrogen) atoms. The van der Waals surface area contributed by atoms with E-state index >= 15 is 0 Å². The van der Waals surface area contributed by atoms with Crippen molar-refractivity contribution in [2.45, 2.75) is 0 Å². The van der Waals surface area contributed by atoms with Crippen LogP contribution in [-0.4, -0.2) is 0 Å². The zero-order valence-electron chi connectivity index (χ0n) is 2.57. The maximum atomic E-state index is 3.36. The Morgan fingerprint density at radius 3 is 1.25 bits per heavy atom. The zero-order valence-corrected chi connectivity index (χ0v) is 2.57. The first-order chi connectivity index (χ1) is 1.91. The summed E-state index contributed by atoms with van der Waals surface area (Å²) < 4.78 is 0. The summed E-state index contributed by atoms with van der Waals surface area (Å²) in [6, 6.07) is 0. The second-order valence-corrected chi connectivity index (χ2v) is 0.471. The summed E-state index contributed by atoms with van der Waals surface area (Å²) in [5.74, 6) is 0. The zero-order chi connectivity index (χ0) is 3.41. The van der Waals surface area contributed by atoms with Gasteiger partial charge in [0.1, 0.15) is 0 Å². The Morgan fingerprint density at radius 2 is 1.25 bits per heavy atom. The maximum Gasteiger partial charge on any atom is -0.0701 e. The fraction of sp³-hybridized carbons (Fsp3) is 0. The topological polar surface area (TPSA) is 0 Å². The molecule has 0 amide bonds. The number of hydrogen-bond donors (Lipinski definition) is 0. The van der Waals surface area contributed by atoms with Gasteiger partial charge in [0, 0.05) is 0 Å². The molecule has 0 N–H and O–H groups in total. The van der Waals surface area contributed by atoms with Gasteiger partial charge in [-0.2, -0.15) is 0 Å². The van der Waals surface area contributed by atoms with Crippen LogP contribution in [-0.2, 0) is 0 Å². The van der Waals surface area contributed by atoms with E-state index in [1.807, 2.05) is 0 Å². The lowest BCUT2D eigenvalue weighted by Gasteiger charge is -1.44. The monoisotopic (exact) mass is 56.1 g/mol. The van der Waals surface area contributed by atoms with E-state index in [-0.39, 0.29) is 0 Å². The lowest BCUT2D eigenvalue weighted by atomic mass is 11.1. The highest BCUT2D eigenvalue weighted by Gasteiger charge is 1.29. The molecule has 0 heteroatoms. The molecular weight excluding hydrogens is 50.0 g/mol. The van der Waals surface area contributed by atoms with E-state index in [1.54, 1.807) is 12.2 Å². The van der Waals surface area contributed by atoms with Crippen molar-refractivity contribution in [1.82, 2.24) is 0 Å². The van der Waals surface area contributed by atoms with Crippen LogP contribution in [0.1, 0.15) is 0 Å². The van der Waals surface area contributed by atoms with E-state index in [0.29, 0.717) is 0 Å². The summed E-state index contributed by atoms with van der Waals surface area (Å²) >= 11 is 0. The van der Waals surface area contributed by atoms with Crippen LogP contribution < -0.4 is 0 Å². The van der Waals surface area contributed by atoms with E-state index in [9.17, 15) is 0 Å². The first kappa shape index (κ1) is 3.48. The Bertz CT molecular complexity index is 21.0. The van der Waals surface area contributed by atoms with Crippen molar-refractivity contribution in [1.29, 1.82) is 0 Å². The van der Waals surface area contributed by atoms with Crippen LogP contribution in [0.5, 0.6) is 0 Å². The molecule has 0 atom stereocenters. The summed E-state index contributed by atoms with van der Waals surface area (Å²) in [6.45, 7) is 6.72. The molecule has 0 aliphatic rings. The standard InChI is InChI=1S/C4H6/c1-3-4-2/h3-4H,1-2H2/i1+1,4+1. The average Bonchev–Trinajstić information content (AvgIpc) is 1.37. The van der Waals surface area contributed by atoms with Gasteiger partial charge in [-0.3, -0.25) is 0 Å². The van der Waals surface area contributed by atoms with E-state index in [4.69, 9.17) is 0 Å². The van der Waals surface area contributed by atoms with Gasteiger partial charge in [0.15, 0.2) is 0 Å². The largest absolute Gasteiger partial charge is 0.0991 e. The van der Waals surface area contributed by atoms with Gasteiger partial charge in [-0.1, -0.05) is 25.3 Å². The van der Waals surface area contributed by atoms with Gasteiger partial charge in [0.2, 0.25) is 0 Å². The lowest BCUT2D eigenvalue weighted by molar-refractivity contribution is 2.15. The van der Waals surface area contributed by atoms with E-state index in [0.717, 1.165) is 0 Å². The Hall–Kier alpha value is -0.520. The van der Waals surface area contributed by atoms with Crippen molar-refractivity contribution in [2.24, 2.45) is 0 Å². The molecule has 0 radical (unpaired) electrons. The van der Waals surface area contributed by atoms with Gasteiger partial charge in [-0.25, -0.2) is 0 Å². The van der Waals surface area contributed by atoms with Gasteiger partial charge in [0.25, 0.3) is 0 Å². The quantitative estimate of drug-likeness (QED) is 0.314. The van der Waals surface area contributed by atoms with E-state index < -0.39 is 0 Å². The SMILES string of the molecule is C=[13CH]C=[13CH2]. The minimum Gasteiger partial charge on any atom is -0.0991 e. The normalized spacial score (nSPS) is 5.00. The Balaban J connectivity index is 2.73. The molecule has 0 aliphatic heterocycles. The molecule has 0 bridgehead atoms. The van der Waals surface area contributed by atoms with Crippen molar-refractivity contribution >= 4 is 0 Å². The molecule has 0 saturated carbocycles. The maximum absolute atomic E-state index is 3.36. The molecule has 0 fully saturated rings. The molecule has 0 spiro atoms. The second kappa shape index (κ2) is 2.48. The highest BCUT2D eigenvalue weighted by atomic mass is 14.0. The first-order valence-corrected chi connectivity index (χ1v) is 1.15. The van der Waals surface area contributed by atoms with Crippen LogP contribution in [0.3, 0.4) is 0 Å². The number of allylic oxidation sites excluding steroid dienone is 2.